The number of aromatic hydroxyl groups is 1. The summed E-state index contributed by atoms with van der Waals surface area (Å²) in [6, 6.07) is 8.52. The molecule has 1 N–H and O–H groups in total. The molecule has 0 radical (unpaired) electrons. The van der Waals surface area contributed by atoms with Crippen molar-refractivity contribution in [2.24, 2.45) is 5.16 Å². The number of benzene rings is 1. The number of carbonyl (C=O) groups excluding carboxylic acids is 1. The first-order chi connectivity index (χ1) is 11.2. The molecule has 0 saturated heterocycles. The van der Waals surface area contributed by atoms with E-state index < -0.39 is 5.60 Å². The lowest BCUT2D eigenvalue weighted by molar-refractivity contribution is 0.00111. The predicted octanol–water partition coefficient (Wildman–Crippen LogP) is 4.24. The molecule has 1 aromatic heterocycles. The summed E-state index contributed by atoms with van der Waals surface area (Å²) < 4.78 is 0.898. The number of carbonyl (C=O) groups is 1. The lowest BCUT2D eigenvalue weighted by Crippen LogP contribution is -2.18. The second-order valence-electron chi connectivity index (χ2n) is 6.33. The molecule has 24 heavy (non-hydrogen) atoms. The first kappa shape index (κ1) is 18.1. The Labute approximate surface area is 149 Å². The van der Waals surface area contributed by atoms with Crippen molar-refractivity contribution in [1.82, 2.24) is 4.98 Å². The van der Waals surface area contributed by atoms with Gasteiger partial charge >= 0.3 is 0 Å². The number of halogens is 1. The second-order valence-corrected chi connectivity index (χ2v) is 7.18. The Kier molecular flexibility index (Phi) is 5.39. The number of hydrogen-bond acceptors (Lipinski definition) is 5. The zero-order valence-electron chi connectivity index (χ0n) is 14.0. The Morgan fingerprint density at radius 2 is 2.00 bits per heavy atom. The molecule has 6 heteroatoms. The number of oxime groups is 1. The van der Waals surface area contributed by atoms with Crippen LogP contribution in [0.3, 0.4) is 0 Å². The van der Waals surface area contributed by atoms with Gasteiger partial charge in [0.2, 0.25) is 0 Å². The minimum atomic E-state index is -0.509. The van der Waals surface area contributed by atoms with Crippen molar-refractivity contribution in [3.8, 4) is 5.75 Å². The van der Waals surface area contributed by atoms with E-state index in [4.69, 9.17) is 4.84 Å². The lowest BCUT2D eigenvalue weighted by Gasteiger charge is -2.17. The molecule has 126 valence electrons. The number of hydrogen-bond donors (Lipinski definition) is 1. The molecule has 5 nitrogen and oxygen atoms in total. The maximum atomic E-state index is 11.0. The second kappa shape index (κ2) is 7.13. The normalized spacial score (nSPS) is 12.1. The van der Waals surface area contributed by atoms with Crippen LogP contribution in [0.15, 0.2) is 40.0 Å². The van der Waals surface area contributed by atoms with Crippen molar-refractivity contribution in [3.05, 3.63) is 57.3 Å². The molecule has 0 amide bonds. The Hall–Kier alpha value is -2.21. The molecule has 0 aliphatic carbocycles. The largest absolute Gasteiger partial charge is 0.506 e. The fourth-order valence-electron chi connectivity index (χ4n) is 1.86. The van der Waals surface area contributed by atoms with Crippen LogP contribution in [0.25, 0.3) is 0 Å². The predicted molar refractivity (Wildman–Crippen MR) is 96.6 cm³/mol. The van der Waals surface area contributed by atoms with Crippen LogP contribution in [0.2, 0.25) is 0 Å². The molecule has 1 heterocycles. The highest BCUT2D eigenvalue weighted by Crippen LogP contribution is 2.24. The van der Waals surface area contributed by atoms with Crippen LogP contribution in [0.1, 0.15) is 48.1 Å². The molecule has 1 aromatic carbocycles. The van der Waals surface area contributed by atoms with E-state index in [1.165, 1.54) is 12.1 Å². The Balaban J connectivity index is 2.63. The molecule has 0 aliphatic rings. The van der Waals surface area contributed by atoms with Crippen molar-refractivity contribution in [1.29, 1.82) is 0 Å². The summed E-state index contributed by atoms with van der Waals surface area (Å²) >= 11 is 3.49. The average molecular weight is 391 g/mol. The van der Waals surface area contributed by atoms with Gasteiger partial charge in [0.05, 0.1) is 0 Å². The summed E-state index contributed by atoms with van der Waals surface area (Å²) in [6.07, 6.45) is 0.621. The van der Waals surface area contributed by atoms with Gasteiger partial charge in [0, 0.05) is 10.0 Å². The standard InChI is InChI=1S/C18H19BrN2O3/c1-11-5-6-12(9-14(11)19)16(21-24-18(2,3)4)17-15(23)8-7-13(10-22)20-17/h5-10,23H,1-4H3/b21-16-. The molecule has 0 fully saturated rings. The van der Waals surface area contributed by atoms with Crippen molar-refractivity contribution >= 4 is 27.9 Å². The third-order valence-corrected chi connectivity index (χ3v) is 3.95. The fraction of sp³-hybridized carbons (Fsp3) is 0.278. The van der Waals surface area contributed by atoms with E-state index in [-0.39, 0.29) is 17.1 Å². The first-order valence-electron chi connectivity index (χ1n) is 7.39. The van der Waals surface area contributed by atoms with Gasteiger partial charge in [-0.15, -0.1) is 0 Å². The van der Waals surface area contributed by atoms with Gasteiger partial charge in [-0.05, 0) is 51.5 Å². The monoisotopic (exact) mass is 390 g/mol. The topological polar surface area (TPSA) is 71.8 Å². The van der Waals surface area contributed by atoms with Crippen molar-refractivity contribution in [2.45, 2.75) is 33.3 Å². The number of aryl methyl sites for hydroxylation is 1. The zero-order chi connectivity index (χ0) is 17.9. The van der Waals surface area contributed by atoms with Crippen LogP contribution in [0, 0.1) is 6.92 Å². The Morgan fingerprint density at radius 1 is 1.29 bits per heavy atom. The molecule has 0 saturated carbocycles. The molecular weight excluding hydrogens is 372 g/mol. The minimum Gasteiger partial charge on any atom is -0.506 e. The highest BCUT2D eigenvalue weighted by Gasteiger charge is 2.18. The summed E-state index contributed by atoms with van der Waals surface area (Å²) in [6.45, 7) is 7.58. The van der Waals surface area contributed by atoms with Crippen molar-refractivity contribution in [3.63, 3.8) is 0 Å². The first-order valence-corrected chi connectivity index (χ1v) is 8.19. The highest BCUT2D eigenvalue weighted by molar-refractivity contribution is 9.10. The van der Waals surface area contributed by atoms with E-state index in [1.54, 1.807) is 0 Å². The molecule has 0 aliphatic heterocycles. The Morgan fingerprint density at radius 3 is 2.58 bits per heavy atom. The number of pyridine rings is 1. The number of nitrogens with zero attached hydrogens (tertiary/aromatic N) is 2. The van der Waals surface area contributed by atoms with E-state index in [2.05, 4.69) is 26.1 Å². The molecule has 2 aromatic rings. The third kappa shape index (κ3) is 4.41. The van der Waals surface area contributed by atoms with Gasteiger partial charge in [-0.2, -0.15) is 0 Å². The van der Waals surface area contributed by atoms with E-state index in [0.29, 0.717) is 17.6 Å². The zero-order valence-corrected chi connectivity index (χ0v) is 15.6. The maximum absolute atomic E-state index is 11.0. The van der Waals surface area contributed by atoms with E-state index in [9.17, 15) is 9.90 Å². The van der Waals surface area contributed by atoms with Crippen LogP contribution in [0.4, 0.5) is 0 Å². The summed E-state index contributed by atoms with van der Waals surface area (Å²) in [5.74, 6) is -0.0754. The maximum Gasteiger partial charge on any atom is 0.168 e. The summed E-state index contributed by atoms with van der Waals surface area (Å²) in [5.41, 5.74) is 2.02. The lowest BCUT2D eigenvalue weighted by atomic mass is 10.0. The molecule has 0 spiro atoms. The third-order valence-electron chi connectivity index (χ3n) is 3.10. The van der Waals surface area contributed by atoms with Crippen LogP contribution >= 0.6 is 15.9 Å². The SMILES string of the molecule is Cc1ccc(/C(=N/OC(C)(C)C)c2nc(C=O)ccc2O)cc1Br. The van der Waals surface area contributed by atoms with E-state index in [0.717, 1.165) is 10.0 Å². The summed E-state index contributed by atoms with van der Waals surface area (Å²) in [7, 11) is 0. The van der Waals surface area contributed by atoms with E-state index in [1.807, 2.05) is 45.9 Å². The number of aldehydes is 1. The number of rotatable bonds is 4. The van der Waals surface area contributed by atoms with Crippen LogP contribution in [-0.4, -0.2) is 27.7 Å². The number of aromatic nitrogens is 1. The van der Waals surface area contributed by atoms with Gasteiger partial charge in [0.1, 0.15) is 28.5 Å². The summed E-state index contributed by atoms with van der Waals surface area (Å²) in [4.78, 5) is 20.7. The van der Waals surface area contributed by atoms with Gasteiger partial charge in [0.15, 0.2) is 6.29 Å². The van der Waals surface area contributed by atoms with Crippen LogP contribution in [0.5, 0.6) is 5.75 Å². The molecular formula is C18H19BrN2O3. The Bertz CT molecular complexity index is 795. The van der Waals surface area contributed by atoms with Crippen molar-refractivity contribution < 1.29 is 14.7 Å². The average Bonchev–Trinajstić information content (AvgIpc) is 2.51. The van der Waals surface area contributed by atoms with Crippen LogP contribution < -0.4 is 0 Å². The van der Waals surface area contributed by atoms with Gasteiger partial charge in [-0.25, -0.2) is 4.98 Å². The van der Waals surface area contributed by atoms with E-state index >= 15 is 0 Å². The quantitative estimate of drug-likeness (QED) is 0.481. The molecule has 0 bridgehead atoms. The summed E-state index contributed by atoms with van der Waals surface area (Å²) in [5, 5.41) is 14.4. The smallest absolute Gasteiger partial charge is 0.168 e. The van der Waals surface area contributed by atoms with Gasteiger partial charge in [-0.3, -0.25) is 4.79 Å². The van der Waals surface area contributed by atoms with Crippen molar-refractivity contribution in [2.75, 3.05) is 0 Å². The van der Waals surface area contributed by atoms with Gasteiger partial charge in [-0.1, -0.05) is 33.2 Å². The van der Waals surface area contributed by atoms with Gasteiger partial charge in [0.25, 0.3) is 0 Å². The van der Waals surface area contributed by atoms with Gasteiger partial charge < -0.3 is 9.94 Å². The van der Waals surface area contributed by atoms with Crippen LogP contribution in [-0.2, 0) is 4.84 Å². The molecule has 0 atom stereocenters. The minimum absolute atomic E-state index is 0.0754. The molecule has 2 rings (SSSR count). The fourth-order valence-corrected chi connectivity index (χ4v) is 2.24. The highest BCUT2D eigenvalue weighted by atomic mass is 79.9. The molecule has 0 unspecified atom stereocenters.